The summed E-state index contributed by atoms with van der Waals surface area (Å²) in [6.45, 7) is 2.53. The van der Waals surface area contributed by atoms with Crippen molar-refractivity contribution in [1.82, 2.24) is 4.90 Å². The highest BCUT2D eigenvalue weighted by Crippen LogP contribution is 2.25. The van der Waals surface area contributed by atoms with Crippen molar-refractivity contribution in [3.05, 3.63) is 34.6 Å². The summed E-state index contributed by atoms with van der Waals surface area (Å²) in [7, 11) is 0. The SMILES string of the molecule is CC1CN(C(=O)c2ccc(Cl)c(F)c2)CCC1C(=O)O. The van der Waals surface area contributed by atoms with Crippen LogP contribution in [0, 0.1) is 17.7 Å². The van der Waals surface area contributed by atoms with Gasteiger partial charge in [0.25, 0.3) is 5.91 Å². The molecule has 2 rings (SSSR count). The molecule has 108 valence electrons. The van der Waals surface area contributed by atoms with Crippen LogP contribution < -0.4 is 0 Å². The topological polar surface area (TPSA) is 57.6 Å². The number of rotatable bonds is 2. The maximum Gasteiger partial charge on any atom is 0.306 e. The molecule has 0 spiro atoms. The minimum Gasteiger partial charge on any atom is -0.481 e. The average molecular weight is 300 g/mol. The normalized spacial score (nSPS) is 22.6. The smallest absolute Gasteiger partial charge is 0.306 e. The number of nitrogens with zero attached hydrogens (tertiary/aromatic N) is 1. The Morgan fingerprint density at radius 1 is 1.45 bits per heavy atom. The Bertz CT molecular complexity index is 549. The van der Waals surface area contributed by atoms with Crippen molar-refractivity contribution in [2.24, 2.45) is 11.8 Å². The van der Waals surface area contributed by atoms with Gasteiger partial charge in [-0.3, -0.25) is 9.59 Å². The van der Waals surface area contributed by atoms with Crippen molar-refractivity contribution >= 4 is 23.5 Å². The van der Waals surface area contributed by atoms with Crippen molar-refractivity contribution in [2.45, 2.75) is 13.3 Å². The fourth-order valence-corrected chi connectivity index (χ4v) is 2.63. The molecule has 1 heterocycles. The highest BCUT2D eigenvalue weighted by molar-refractivity contribution is 6.30. The minimum absolute atomic E-state index is 0.0282. The predicted molar refractivity (Wildman–Crippen MR) is 72.2 cm³/mol. The Kier molecular flexibility index (Phi) is 4.28. The molecule has 0 aromatic heterocycles. The monoisotopic (exact) mass is 299 g/mol. The molecule has 4 nitrogen and oxygen atoms in total. The van der Waals surface area contributed by atoms with Gasteiger partial charge < -0.3 is 10.0 Å². The zero-order valence-electron chi connectivity index (χ0n) is 11.0. The van der Waals surface area contributed by atoms with Crippen molar-refractivity contribution < 1.29 is 19.1 Å². The van der Waals surface area contributed by atoms with Gasteiger partial charge in [-0.2, -0.15) is 0 Å². The Hall–Kier alpha value is -1.62. The number of halogens is 2. The van der Waals surface area contributed by atoms with Crippen LogP contribution in [-0.4, -0.2) is 35.0 Å². The fourth-order valence-electron chi connectivity index (χ4n) is 2.51. The second-order valence-corrected chi connectivity index (χ2v) is 5.50. The predicted octanol–water partition coefficient (Wildman–Crippen LogP) is 2.66. The largest absolute Gasteiger partial charge is 0.481 e. The molecule has 0 bridgehead atoms. The van der Waals surface area contributed by atoms with E-state index in [2.05, 4.69) is 0 Å². The lowest BCUT2D eigenvalue weighted by Gasteiger charge is -2.35. The van der Waals surface area contributed by atoms with Gasteiger partial charge in [-0.05, 0) is 30.5 Å². The third-order valence-corrected chi connectivity index (χ3v) is 3.98. The molecule has 1 saturated heterocycles. The van der Waals surface area contributed by atoms with Crippen molar-refractivity contribution in [3.63, 3.8) is 0 Å². The molecule has 1 amide bonds. The number of carbonyl (C=O) groups is 2. The zero-order valence-corrected chi connectivity index (χ0v) is 11.7. The summed E-state index contributed by atoms with van der Waals surface area (Å²) < 4.78 is 13.4. The first-order valence-electron chi connectivity index (χ1n) is 6.37. The van der Waals surface area contributed by atoms with Gasteiger partial charge in [0, 0.05) is 18.7 Å². The van der Waals surface area contributed by atoms with Gasteiger partial charge in [-0.15, -0.1) is 0 Å². The number of hydrogen-bond acceptors (Lipinski definition) is 2. The molecule has 0 radical (unpaired) electrons. The molecular formula is C14H15ClFNO3. The van der Waals surface area contributed by atoms with Crippen molar-refractivity contribution in [3.8, 4) is 0 Å². The van der Waals surface area contributed by atoms with E-state index in [1.807, 2.05) is 0 Å². The Labute approximate surface area is 121 Å². The number of carbonyl (C=O) groups excluding carboxylic acids is 1. The van der Waals surface area contributed by atoms with Gasteiger partial charge in [0.2, 0.25) is 0 Å². The van der Waals surface area contributed by atoms with Gasteiger partial charge in [0.05, 0.1) is 10.9 Å². The number of carboxylic acid groups (broad SMARTS) is 1. The summed E-state index contributed by atoms with van der Waals surface area (Å²) in [4.78, 5) is 24.8. The highest BCUT2D eigenvalue weighted by Gasteiger charge is 2.33. The highest BCUT2D eigenvalue weighted by atomic mass is 35.5. The lowest BCUT2D eigenvalue weighted by Crippen LogP contribution is -2.45. The Balaban J connectivity index is 2.11. The first-order valence-corrected chi connectivity index (χ1v) is 6.75. The molecule has 1 aromatic rings. The van der Waals surface area contributed by atoms with Crippen LogP contribution in [0.15, 0.2) is 18.2 Å². The van der Waals surface area contributed by atoms with E-state index in [9.17, 15) is 14.0 Å². The van der Waals surface area contributed by atoms with E-state index in [1.54, 1.807) is 11.8 Å². The number of amides is 1. The van der Waals surface area contributed by atoms with Crippen LogP contribution in [0.5, 0.6) is 0 Å². The summed E-state index contributed by atoms with van der Waals surface area (Å²) >= 11 is 5.58. The lowest BCUT2D eigenvalue weighted by atomic mass is 9.87. The average Bonchev–Trinajstić information content (AvgIpc) is 2.40. The van der Waals surface area contributed by atoms with Crippen molar-refractivity contribution in [2.75, 3.05) is 13.1 Å². The molecule has 2 atom stereocenters. The third kappa shape index (κ3) is 2.93. The molecular weight excluding hydrogens is 285 g/mol. The van der Waals surface area contributed by atoms with Crippen LogP contribution in [-0.2, 0) is 4.79 Å². The first-order chi connectivity index (χ1) is 9.40. The maximum atomic E-state index is 13.4. The van der Waals surface area contributed by atoms with Crippen LogP contribution in [0.3, 0.4) is 0 Å². The zero-order chi connectivity index (χ0) is 14.9. The summed E-state index contributed by atoms with van der Waals surface area (Å²) in [6, 6.07) is 3.93. The molecule has 0 saturated carbocycles. The number of carboxylic acids is 1. The number of likely N-dealkylation sites (tertiary alicyclic amines) is 1. The van der Waals surface area contributed by atoms with E-state index in [1.165, 1.54) is 12.1 Å². The van der Waals surface area contributed by atoms with Gasteiger partial charge >= 0.3 is 5.97 Å². The van der Waals surface area contributed by atoms with Crippen LogP contribution in [0.1, 0.15) is 23.7 Å². The van der Waals surface area contributed by atoms with Crippen LogP contribution in [0.2, 0.25) is 5.02 Å². The van der Waals surface area contributed by atoms with Crippen LogP contribution in [0.4, 0.5) is 4.39 Å². The second kappa shape index (κ2) is 5.79. The van der Waals surface area contributed by atoms with E-state index < -0.39 is 17.7 Å². The van der Waals surface area contributed by atoms with E-state index in [0.29, 0.717) is 19.5 Å². The fraction of sp³-hybridized carbons (Fsp3) is 0.429. The molecule has 6 heteroatoms. The van der Waals surface area contributed by atoms with E-state index in [-0.39, 0.29) is 22.4 Å². The molecule has 1 fully saturated rings. The lowest BCUT2D eigenvalue weighted by molar-refractivity contribution is -0.145. The Morgan fingerprint density at radius 3 is 2.70 bits per heavy atom. The van der Waals surface area contributed by atoms with Gasteiger partial charge in [-0.1, -0.05) is 18.5 Å². The summed E-state index contributed by atoms with van der Waals surface area (Å²) in [5, 5.41) is 9.02. The van der Waals surface area contributed by atoms with Crippen LogP contribution >= 0.6 is 11.6 Å². The van der Waals surface area contributed by atoms with E-state index in [0.717, 1.165) is 6.07 Å². The molecule has 1 aromatic carbocycles. The minimum atomic E-state index is -0.831. The van der Waals surface area contributed by atoms with E-state index in [4.69, 9.17) is 16.7 Å². The second-order valence-electron chi connectivity index (χ2n) is 5.09. The Morgan fingerprint density at radius 2 is 2.15 bits per heavy atom. The molecule has 0 aliphatic carbocycles. The molecule has 1 aliphatic rings. The summed E-state index contributed by atoms with van der Waals surface area (Å²) in [5.74, 6) is -2.31. The molecule has 2 unspecified atom stereocenters. The molecule has 1 N–H and O–H groups in total. The van der Waals surface area contributed by atoms with E-state index >= 15 is 0 Å². The standard InChI is InChI=1S/C14H15ClFNO3/c1-8-7-17(5-4-10(8)14(19)20)13(18)9-2-3-11(15)12(16)6-9/h2-3,6,8,10H,4-5,7H2,1H3,(H,19,20). The number of aliphatic carboxylic acids is 1. The molecule has 20 heavy (non-hydrogen) atoms. The summed E-state index contributed by atoms with van der Waals surface area (Å²) in [6.07, 6.45) is 0.415. The summed E-state index contributed by atoms with van der Waals surface area (Å²) in [5.41, 5.74) is 0.230. The molecule has 1 aliphatic heterocycles. The third-order valence-electron chi connectivity index (χ3n) is 3.68. The first kappa shape index (κ1) is 14.8. The van der Waals surface area contributed by atoms with Gasteiger partial charge in [-0.25, -0.2) is 4.39 Å². The number of hydrogen-bond donors (Lipinski definition) is 1. The number of benzene rings is 1. The van der Waals surface area contributed by atoms with Gasteiger partial charge in [0.1, 0.15) is 5.82 Å². The number of piperidine rings is 1. The van der Waals surface area contributed by atoms with Crippen LogP contribution in [0.25, 0.3) is 0 Å². The maximum absolute atomic E-state index is 13.4. The quantitative estimate of drug-likeness (QED) is 0.913. The van der Waals surface area contributed by atoms with Gasteiger partial charge in [0.15, 0.2) is 0 Å². The van der Waals surface area contributed by atoms with Crippen molar-refractivity contribution in [1.29, 1.82) is 0 Å².